The quantitative estimate of drug-likeness (QED) is 0.816. The van der Waals surface area contributed by atoms with Crippen molar-refractivity contribution in [2.24, 2.45) is 0 Å². The average molecular weight is 293 g/mol. The summed E-state index contributed by atoms with van der Waals surface area (Å²) in [5, 5.41) is 0. The fourth-order valence-electron chi connectivity index (χ4n) is 2.86. The number of anilines is 1. The number of Topliss-reactive ketones (excluding diaryl/α,β-unsaturated/α-hetero) is 1. The number of carbonyl (C=O) groups is 2. The number of benzene rings is 2. The van der Waals surface area contributed by atoms with Crippen molar-refractivity contribution >= 4 is 17.4 Å². The first-order valence-electron chi connectivity index (χ1n) is 7.63. The van der Waals surface area contributed by atoms with Crippen molar-refractivity contribution in [2.45, 2.75) is 26.2 Å². The minimum Gasteiger partial charge on any atom is -0.306 e. The van der Waals surface area contributed by atoms with Gasteiger partial charge >= 0.3 is 0 Å². The fraction of sp³-hybridized carbons (Fsp3) is 0.263. The molecule has 0 fully saturated rings. The Hall–Kier alpha value is -2.42. The second-order valence-corrected chi connectivity index (χ2v) is 5.77. The van der Waals surface area contributed by atoms with Crippen molar-refractivity contribution in [3.63, 3.8) is 0 Å². The molecule has 0 aliphatic carbocycles. The molecule has 2 aromatic carbocycles. The molecule has 1 heterocycles. The van der Waals surface area contributed by atoms with Gasteiger partial charge in [-0.15, -0.1) is 0 Å². The predicted molar refractivity (Wildman–Crippen MR) is 87.0 cm³/mol. The van der Waals surface area contributed by atoms with Gasteiger partial charge in [-0.05, 0) is 37.0 Å². The van der Waals surface area contributed by atoms with Gasteiger partial charge in [-0.1, -0.05) is 48.0 Å². The molecule has 3 rings (SSSR count). The molecular weight excluding hydrogens is 274 g/mol. The van der Waals surface area contributed by atoms with E-state index in [0.29, 0.717) is 6.54 Å². The van der Waals surface area contributed by atoms with Crippen LogP contribution in [-0.4, -0.2) is 18.2 Å². The zero-order valence-electron chi connectivity index (χ0n) is 12.7. The Morgan fingerprint density at radius 3 is 2.55 bits per heavy atom. The van der Waals surface area contributed by atoms with Crippen molar-refractivity contribution in [3.05, 3.63) is 65.2 Å². The molecule has 22 heavy (non-hydrogen) atoms. The molecule has 1 aliphatic heterocycles. The predicted octanol–water partition coefficient (Wildman–Crippen LogP) is 3.09. The highest BCUT2D eigenvalue weighted by molar-refractivity contribution is 6.41. The van der Waals surface area contributed by atoms with Gasteiger partial charge in [-0.2, -0.15) is 0 Å². The highest BCUT2D eigenvalue weighted by Crippen LogP contribution is 2.26. The average Bonchev–Trinajstić information content (AvgIpc) is 2.55. The molecule has 0 radical (unpaired) electrons. The molecule has 0 saturated carbocycles. The highest BCUT2D eigenvalue weighted by atomic mass is 16.2. The number of hydrogen-bond donors (Lipinski definition) is 0. The van der Waals surface area contributed by atoms with Crippen LogP contribution in [0.25, 0.3) is 0 Å². The fourth-order valence-corrected chi connectivity index (χ4v) is 2.86. The summed E-state index contributed by atoms with van der Waals surface area (Å²) in [7, 11) is 0. The van der Waals surface area contributed by atoms with Crippen LogP contribution in [0.2, 0.25) is 0 Å². The first kappa shape index (κ1) is 14.5. The van der Waals surface area contributed by atoms with Crippen molar-refractivity contribution in [1.29, 1.82) is 0 Å². The van der Waals surface area contributed by atoms with Gasteiger partial charge in [0.15, 0.2) is 0 Å². The van der Waals surface area contributed by atoms with Crippen LogP contribution < -0.4 is 4.90 Å². The number of fused-ring (bicyclic) bond motifs is 1. The summed E-state index contributed by atoms with van der Waals surface area (Å²) < 4.78 is 0. The maximum Gasteiger partial charge on any atom is 0.294 e. The second-order valence-electron chi connectivity index (χ2n) is 5.77. The molecule has 112 valence electrons. The van der Waals surface area contributed by atoms with Crippen LogP contribution in [-0.2, 0) is 22.4 Å². The third kappa shape index (κ3) is 2.93. The number of nitrogens with zero attached hydrogens (tertiary/aromatic N) is 1. The highest BCUT2D eigenvalue weighted by Gasteiger charge is 2.26. The monoisotopic (exact) mass is 293 g/mol. The number of carbonyl (C=O) groups excluding carboxylic acids is 2. The lowest BCUT2D eigenvalue weighted by atomic mass is 10.0. The zero-order valence-corrected chi connectivity index (χ0v) is 12.7. The van der Waals surface area contributed by atoms with E-state index in [1.54, 1.807) is 4.90 Å². The first-order valence-corrected chi connectivity index (χ1v) is 7.63. The van der Waals surface area contributed by atoms with E-state index in [4.69, 9.17) is 0 Å². The molecule has 0 N–H and O–H groups in total. The number of hydrogen-bond acceptors (Lipinski definition) is 2. The molecule has 2 aromatic rings. The summed E-state index contributed by atoms with van der Waals surface area (Å²) in [5.74, 6) is -0.742. The Labute approximate surface area is 130 Å². The summed E-state index contributed by atoms with van der Waals surface area (Å²) in [4.78, 5) is 26.5. The van der Waals surface area contributed by atoms with Crippen LogP contribution in [0.1, 0.15) is 23.1 Å². The van der Waals surface area contributed by atoms with Crippen LogP contribution in [0.4, 0.5) is 5.69 Å². The van der Waals surface area contributed by atoms with Crippen LogP contribution in [0.5, 0.6) is 0 Å². The van der Waals surface area contributed by atoms with Gasteiger partial charge in [0.2, 0.25) is 5.78 Å². The van der Waals surface area contributed by atoms with E-state index in [0.717, 1.165) is 35.2 Å². The Morgan fingerprint density at radius 2 is 1.77 bits per heavy atom. The van der Waals surface area contributed by atoms with Crippen molar-refractivity contribution in [1.82, 2.24) is 0 Å². The molecule has 3 nitrogen and oxygen atoms in total. The zero-order chi connectivity index (χ0) is 15.5. The largest absolute Gasteiger partial charge is 0.306 e. The van der Waals surface area contributed by atoms with Crippen molar-refractivity contribution in [3.8, 4) is 0 Å². The van der Waals surface area contributed by atoms with Crippen molar-refractivity contribution in [2.75, 3.05) is 11.4 Å². The molecule has 0 spiro atoms. The Kier molecular flexibility index (Phi) is 4.05. The first-order chi connectivity index (χ1) is 10.6. The van der Waals surface area contributed by atoms with E-state index in [-0.39, 0.29) is 12.2 Å². The lowest BCUT2D eigenvalue weighted by Gasteiger charge is -2.28. The number of aryl methyl sites for hydroxylation is 2. The van der Waals surface area contributed by atoms with E-state index < -0.39 is 5.91 Å². The molecule has 0 unspecified atom stereocenters. The number of para-hydroxylation sites is 1. The van der Waals surface area contributed by atoms with E-state index in [1.807, 2.05) is 55.5 Å². The molecule has 0 bridgehead atoms. The van der Waals surface area contributed by atoms with Gasteiger partial charge in [-0.3, -0.25) is 9.59 Å². The second kappa shape index (κ2) is 6.14. The van der Waals surface area contributed by atoms with Gasteiger partial charge in [0, 0.05) is 18.7 Å². The molecule has 1 amide bonds. The Morgan fingerprint density at radius 1 is 1.05 bits per heavy atom. The summed E-state index contributed by atoms with van der Waals surface area (Å²) in [6.45, 7) is 2.62. The smallest absolute Gasteiger partial charge is 0.294 e. The standard InChI is InChI=1S/C19H19NO2/c1-14-8-10-15(11-9-14)13-18(21)19(22)20-12-4-6-16-5-2-3-7-17(16)20/h2-3,5,7-11H,4,6,12-13H2,1H3. The lowest BCUT2D eigenvalue weighted by molar-refractivity contribution is -0.135. The maximum atomic E-state index is 12.5. The lowest BCUT2D eigenvalue weighted by Crippen LogP contribution is -2.40. The third-order valence-corrected chi connectivity index (χ3v) is 4.08. The van der Waals surface area contributed by atoms with Crippen LogP contribution in [0.3, 0.4) is 0 Å². The third-order valence-electron chi connectivity index (χ3n) is 4.08. The molecule has 3 heteroatoms. The van der Waals surface area contributed by atoms with Crippen LogP contribution in [0, 0.1) is 6.92 Å². The maximum absolute atomic E-state index is 12.5. The van der Waals surface area contributed by atoms with Crippen LogP contribution in [0.15, 0.2) is 48.5 Å². The molecule has 0 aromatic heterocycles. The normalized spacial score (nSPS) is 13.6. The topological polar surface area (TPSA) is 37.4 Å². The summed E-state index contributed by atoms with van der Waals surface area (Å²) in [5.41, 5.74) is 4.06. The number of ketones is 1. The van der Waals surface area contributed by atoms with Gasteiger partial charge in [0.25, 0.3) is 5.91 Å². The van der Waals surface area contributed by atoms with E-state index in [2.05, 4.69) is 0 Å². The summed E-state index contributed by atoms with van der Waals surface area (Å²) in [6, 6.07) is 15.6. The van der Waals surface area contributed by atoms with Gasteiger partial charge < -0.3 is 4.90 Å². The number of amides is 1. The van der Waals surface area contributed by atoms with Gasteiger partial charge in [0.1, 0.15) is 0 Å². The Balaban J connectivity index is 1.77. The minimum absolute atomic E-state index is 0.164. The van der Waals surface area contributed by atoms with Gasteiger partial charge in [0.05, 0.1) is 0 Å². The molecule has 1 aliphatic rings. The molecule has 0 saturated heterocycles. The summed E-state index contributed by atoms with van der Waals surface area (Å²) in [6.07, 6.45) is 2.03. The van der Waals surface area contributed by atoms with E-state index >= 15 is 0 Å². The minimum atomic E-state index is -0.396. The SMILES string of the molecule is Cc1ccc(CC(=O)C(=O)N2CCCc3ccccc32)cc1. The van der Waals surface area contributed by atoms with Crippen LogP contribution >= 0.6 is 0 Å². The van der Waals surface area contributed by atoms with Gasteiger partial charge in [-0.25, -0.2) is 0 Å². The molecular formula is C19H19NO2. The Bertz CT molecular complexity index is 704. The van der Waals surface area contributed by atoms with E-state index in [1.165, 1.54) is 0 Å². The summed E-state index contributed by atoms with van der Waals surface area (Å²) >= 11 is 0. The molecule has 0 atom stereocenters. The van der Waals surface area contributed by atoms with E-state index in [9.17, 15) is 9.59 Å². The number of rotatable bonds is 3. The van der Waals surface area contributed by atoms with Crippen molar-refractivity contribution < 1.29 is 9.59 Å².